The van der Waals surface area contributed by atoms with Gasteiger partial charge in [0.05, 0.1) is 5.56 Å². The van der Waals surface area contributed by atoms with Crippen LogP contribution in [-0.4, -0.2) is 37.0 Å². The summed E-state index contributed by atoms with van der Waals surface area (Å²) in [6.07, 6.45) is -4.37. The van der Waals surface area contributed by atoms with Crippen molar-refractivity contribution < 1.29 is 22.7 Å². The Balaban J connectivity index is 1.36. The molecule has 4 rings (SSSR count). The first-order chi connectivity index (χ1) is 15.4. The molecule has 1 aliphatic rings. The van der Waals surface area contributed by atoms with Crippen LogP contribution in [0.5, 0.6) is 5.75 Å². The highest BCUT2D eigenvalue weighted by Gasteiger charge is 2.31. The SMILES string of the molecule is O=C(c1cccc(OCc2ccccc2)c1)N1CCN(c2cccc(C(F)(F)F)c2)CC1. The minimum Gasteiger partial charge on any atom is -0.489 e. The van der Waals surface area contributed by atoms with E-state index in [1.807, 2.05) is 41.3 Å². The summed E-state index contributed by atoms with van der Waals surface area (Å²) in [6, 6.07) is 22.1. The number of rotatable bonds is 5. The normalized spacial score (nSPS) is 14.3. The van der Waals surface area contributed by atoms with Gasteiger partial charge >= 0.3 is 6.18 Å². The molecule has 3 aromatic carbocycles. The Bertz CT molecular complexity index is 1060. The van der Waals surface area contributed by atoms with Crippen LogP contribution in [0.25, 0.3) is 0 Å². The van der Waals surface area contributed by atoms with Gasteiger partial charge in [0.25, 0.3) is 5.91 Å². The van der Waals surface area contributed by atoms with Crippen molar-refractivity contribution in [1.82, 2.24) is 4.90 Å². The molecule has 1 aliphatic heterocycles. The molecule has 32 heavy (non-hydrogen) atoms. The molecular formula is C25H23F3N2O2. The fourth-order valence-electron chi connectivity index (χ4n) is 3.69. The molecule has 0 spiro atoms. The number of hydrogen-bond acceptors (Lipinski definition) is 3. The average Bonchev–Trinajstić information content (AvgIpc) is 2.83. The van der Waals surface area contributed by atoms with E-state index in [0.29, 0.717) is 49.8 Å². The van der Waals surface area contributed by atoms with Crippen LogP contribution in [0.3, 0.4) is 0 Å². The van der Waals surface area contributed by atoms with Crippen LogP contribution in [0.2, 0.25) is 0 Å². The molecule has 166 valence electrons. The molecule has 1 fully saturated rings. The molecule has 4 nitrogen and oxygen atoms in total. The number of benzene rings is 3. The van der Waals surface area contributed by atoms with E-state index in [0.717, 1.165) is 17.7 Å². The highest BCUT2D eigenvalue weighted by molar-refractivity contribution is 5.94. The van der Waals surface area contributed by atoms with E-state index in [1.54, 1.807) is 29.2 Å². The second kappa shape index (κ2) is 9.34. The van der Waals surface area contributed by atoms with Crippen LogP contribution in [-0.2, 0) is 12.8 Å². The van der Waals surface area contributed by atoms with Crippen LogP contribution < -0.4 is 9.64 Å². The van der Waals surface area contributed by atoms with Crippen molar-refractivity contribution in [3.63, 3.8) is 0 Å². The topological polar surface area (TPSA) is 32.8 Å². The van der Waals surface area contributed by atoms with E-state index in [-0.39, 0.29) is 5.91 Å². The van der Waals surface area contributed by atoms with E-state index in [1.165, 1.54) is 6.07 Å². The second-order valence-electron chi connectivity index (χ2n) is 7.63. The Hall–Kier alpha value is -3.48. The van der Waals surface area contributed by atoms with Crippen molar-refractivity contribution >= 4 is 11.6 Å². The zero-order valence-corrected chi connectivity index (χ0v) is 17.4. The summed E-state index contributed by atoms with van der Waals surface area (Å²) >= 11 is 0. The first-order valence-electron chi connectivity index (χ1n) is 10.4. The maximum atomic E-state index is 13.0. The Morgan fingerprint density at radius 3 is 2.28 bits per heavy atom. The Kier molecular flexibility index (Phi) is 6.35. The summed E-state index contributed by atoms with van der Waals surface area (Å²) in [6.45, 7) is 2.22. The van der Waals surface area contributed by atoms with Gasteiger partial charge in [0, 0.05) is 37.4 Å². The van der Waals surface area contributed by atoms with Crippen LogP contribution in [0.1, 0.15) is 21.5 Å². The number of amides is 1. The van der Waals surface area contributed by atoms with Gasteiger partial charge in [-0.1, -0.05) is 42.5 Å². The van der Waals surface area contributed by atoms with Crippen molar-refractivity contribution in [2.75, 3.05) is 31.1 Å². The molecule has 0 aliphatic carbocycles. The van der Waals surface area contributed by atoms with Crippen LogP contribution in [0.15, 0.2) is 78.9 Å². The van der Waals surface area contributed by atoms with Crippen molar-refractivity contribution in [2.24, 2.45) is 0 Å². The second-order valence-corrected chi connectivity index (χ2v) is 7.63. The Morgan fingerprint density at radius 1 is 0.844 bits per heavy atom. The number of carbonyl (C=O) groups excluding carboxylic acids is 1. The summed E-state index contributed by atoms with van der Waals surface area (Å²) in [7, 11) is 0. The first kappa shape index (κ1) is 21.7. The lowest BCUT2D eigenvalue weighted by Crippen LogP contribution is -2.48. The van der Waals surface area contributed by atoms with Crippen molar-refractivity contribution in [3.8, 4) is 5.75 Å². The van der Waals surface area contributed by atoms with Gasteiger partial charge in [-0.2, -0.15) is 13.2 Å². The van der Waals surface area contributed by atoms with E-state index >= 15 is 0 Å². The summed E-state index contributed by atoms with van der Waals surface area (Å²) in [4.78, 5) is 16.6. The Labute approximate surface area is 184 Å². The van der Waals surface area contributed by atoms with E-state index < -0.39 is 11.7 Å². The molecule has 0 unspecified atom stereocenters. The van der Waals surface area contributed by atoms with Gasteiger partial charge in [-0.25, -0.2) is 0 Å². The minimum atomic E-state index is -4.37. The predicted octanol–water partition coefficient (Wildman–Crippen LogP) is 5.25. The molecule has 1 heterocycles. The molecular weight excluding hydrogens is 417 g/mol. The molecule has 0 N–H and O–H groups in total. The molecule has 0 aromatic heterocycles. The molecule has 0 atom stereocenters. The first-order valence-corrected chi connectivity index (χ1v) is 10.4. The monoisotopic (exact) mass is 440 g/mol. The zero-order valence-electron chi connectivity index (χ0n) is 17.4. The van der Waals surface area contributed by atoms with Gasteiger partial charge in [-0.15, -0.1) is 0 Å². The average molecular weight is 440 g/mol. The summed E-state index contributed by atoms with van der Waals surface area (Å²) in [5.41, 5.74) is 1.42. The standard InChI is InChI=1S/C25H23F3N2O2/c26-25(27,28)21-9-5-10-22(17-21)29-12-14-30(15-13-29)24(31)20-8-4-11-23(16-20)32-18-19-6-2-1-3-7-19/h1-11,16-17H,12-15,18H2. The zero-order chi connectivity index (χ0) is 22.6. The molecule has 1 saturated heterocycles. The quantitative estimate of drug-likeness (QED) is 0.544. The van der Waals surface area contributed by atoms with Crippen molar-refractivity contribution in [3.05, 3.63) is 95.6 Å². The third kappa shape index (κ3) is 5.22. The lowest BCUT2D eigenvalue weighted by Gasteiger charge is -2.36. The molecule has 0 radical (unpaired) electrons. The maximum Gasteiger partial charge on any atom is 0.416 e. The van der Waals surface area contributed by atoms with Crippen LogP contribution in [0, 0.1) is 0 Å². The van der Waals surface area contributed by atoms with Gasteiger partial charge in [0.15, 0.2) is 0 Å². The van der Waals surface area contributed by atoms with Gasteiger partial charge in [0.2, 0.25) is 0 Å². The number of hydrogen-bond donors (Lipinski definition) is 0. The molecule has 1 amide bonds. The molecule has 7 heteroatoms. The fraction of sp³-hybridized carbons (Fsp3) is 0.240. The highest BCUT2D eigenvalue weighted by Crippen LogP contribution is 2.32. The highest BCUT2D eigenvalue weighted by atomic mass is 19.4. The van der Waals surface area contributed by atoms with Crippen molar-refractivity contribution in [2.45, 2.75) is 12.8 Å². The van der Waals surface area contributed by atoms with E-state index in [4.69, 9.17) is 4.74 Å². The van der Waals surface area contributed by atoms with Gasteiger partial charge in [-0.05, 0) is 42.0 Å². The number of halogens is 3. The Morgan fingerprint density at radius 2 is 1.56 bits per heavy atom. The third-order valence-electron chi connectivity index (χ3n) is 5.43. The number of alkyl halides is 3. The van der Waals surface area contributed by atoms with E-state index in [2.05, 4.69) is 0 Å². The lowest BCUT2D eigenvalue weighted by atomic mass is 10.1. The van der Waals surface area contributed by atoms with Crippen LogP contribution in [0.4, 0.5) is 18.9 Å². The molecule has 3 aromatic rings. The summed E-state index contributed by atoms with van der Waals surface area (Å²) in [5, 5.41) is 0. The number of nitrogens with zero attached hydrogens (tertiary/aromatic N) is 2. The largest absolute Gasteiger partial charge is 0.489 e. The number of ether oxygens (including phenoxy) is 1. The van der Waals surface area contributed by atoms with Crippen LogP contribution >= 0.6 is 0 Å². The summed E-state index contributed by atoms with van der Waals surface area (Å²) in [5.74, 6) is 0.501. The van der Waals surface area contributed by atoms with Crippen molar-refractivity contribution in [1.29, 1.82) is 0 Å². The lowest BCUT2D eigenvalue weighted by molar-refractivity contribution is -0.137. The smallest absolute Gasteiger partial charge is 0.416 e. The predicted molar refractivity (Wildman–Crippen MR) is 117 cm³/mol. The summed E-state index contributed by atoms with van der Waals surface area (Å²) < 4.78 is 44.8. The van der Waals surface area contributed by atoms with Gasteiger partial charge in [-0.3, -0.25) is 4.79 Å². The van der Waals surface area contributed by atoms with Gasteiger partial charge < -0.3 is 14.5 Å². The molecule has 0 saturated carbocycles. The van der Waals surface area contributed by atoms with E-state index in [9.17, 15) is 18.0 Å². The maximum absolute atomic E-state index is 13.0. The number of carbonyl (C=O) groups is 1. The third-order valence-corrected chi connectivity index (χ3v) is 5.43. The van der Waals surface area contributed by atoms with Gasteiger partial charge in [0.1, 0.15) is 12.4 Å². The number of anilines is 1. The molecule has 0 bridgehead atoms. The number of piperazine rings is 1. The fourth-order valence-corrected chi connectivity index (χ4v) is 3.69. The minimum absolute atomic E-state index is 0.112.